The van der Waals surface area contributed by atoms with Gasteiger partial charge in [0.05, 0.1) is 11.5 Å². The van der Waals surface area contributed by atoms with Crippen LogP contribution in [0.4, 0.5) is 5.69 Å². The molecule has 1 fully saturated rings. The summed E-state index contributed by atoms with van der Waals surface area (Å²) in [6.45, 7) is 5.17. The second-order valence-electron chi connectivity index (χ2n) is 7.71. The molecular weight excluding hydrogens is 394 g/mol. The fourth-order valence-corrected chi connectivity index (χ4v) is 3.61. The maximum Gasteiger partial charge on any atom is 0.311 e. The number of piperidine rings is 1. The van der Waals surface area contributed by atoms with Crippen molar-refractivity contribution in [2.75, 3.05) is 19.7 Å². The van der Waals surface area contributed by atoms with Gasteiger partial charge in [-0.3, -0.25) is 19.8 Å². The van der Waals surface area contributed by atoms with Crippen molar-refractivity contribution in [3.8, 4) is 5.75 Å². The number of nitro benzene ring substituents is 1. The van der Waals surface area contributed by atoms with Crippen molar-refractivity contribution in [3.63, 3.8) is 0 Å². The van der Waals surface area contributed by atoms with Crippen molar-refractivity contribution in [3.05, 3.63) is 75.8 Å². The number of nitrogens with one attached hydrogen (secondary N) is 1. The second kappa shape index (κ2) is 11.3. The average molecular weight is 424 g/mol. The van der Waals surface area contributed by atoms with Crippen LogP contribution in [0.15, 0.2) is 54.6 Å². The zero-order valence-electron chi connectivity index (χ0n) is 17.8. The molecule has 0 bridgehead atoms. The van der Waals surface area contributed by atoms with E-state index in [0.29, 0.717) is 12.2 Å². The molecule has 0 saturated carbocycles. The summed E-state index contributed by atoms with van der Waals surface area (Å²) in [6.07, 6.45) is 5.60. The van der Waals surface area contributed by atoms with Crippen molar-refractivity contribution < 1.29 is 14.5 Å². The van der Waals surface area contributed by atoms with Crippen LogP contribution in [0.2, 0.25) is 0 Å². The molecule has 2 aromatic rings. The number of rotatable bonds is 9. The average Bonchev–Trinajstić information content (AvgIpc) is 2.78. The third-order valence-corrected chi connectivity index (χ3v) is 5.25. The van der Waals surface area contributed by atoms with Crippen molar-refractivity contribution >= 4 is 17.7 Å². The molecule has 1 amide bonds. The molecule has 2 aromatic carbocycles. The molecule has 7 heteroatoms. The van der Waals surface area contributed by atoms with Gasteiger partial charge in [-0.15, -0.1) is 0 Å². The lowest BCUT2D eigenvalue weighted by molar-refractivity contribution is -0.385. The molecule has 0 unspecified atom stereocenters. The summed E-state index contributed by atoms with van der Waals surface area (Å²) in [4.78, 5) is 25.5. The zero-order valence-corrected chi connectivity index (χ0v) is 17.8. The molecule has 164 valence electrons. The van der Waals surface area contributed by atoms with Crippen LogP contribution >= 0.6 is 0 Å². The van der Waals surface area contributed by atoms with Gasteiger partial charge in [-0.25, -0.2) is 0 Å². The number of carbonyl (C=O) groups is 1. The lowest BCUT2D eigenvalue weighted by Crippen LogP contribution is -2.43. The SMILES string of the molecule is CCCOc1ccc(/C=C/C(=O)NC2CCN(Cc3ccccc3)CC2)cc1[N+](=O)[O-]. The Hall–Kier alpha value is -3.19. The zero-order chi connectivity index (χ0) is 22.1. The number of ether oxygens (including phenoxy) is 1. The standard InChI is InChI=1S/C24H29N3O4/c1-2-16-31-23-10-8-19(17-22(23)27(29)30)9-11-24(28)25-21-12-14-26(15-13-21)18-20-6-4-3-5-7-20/h3-11,17,21H,2,12-16,18H2,1H3,(H,25,28)/b11-9+. The molecule has 0 radical (unpaired) electrons. The van der Waals surface area contributed by atoms with E-state index in [4.69, 9.17) is 4.74 Å². The molecule has 1 aliphatic rings. The van der Waals surface area contributed by atoms with E-state index in [9.17, 15) is 14.9 Å². The molecular formula is C24H29N3O4. The van der Waals surface area contributed by atoms with E-state index in [1.165, 1.54) is 17.7 Å². The Morgan fingerprint density at radius 2 is 1.97 bits per heavy atom. The smallest absolute Gasteiger partial charge is 0.311 e. The molecule has 1 heterocycles. The molecule has 1 saturated heterocycles. The van der Waals surface area contributed by atoms with Crippen LogP contribution in [-0.4, -0.2) is 41.5 Å². The van der Waals surface area contributed by atoms with E-state index < -0.39 is 4.92 Å². The summed E-state index contributed by atoms with van der Waals surface area (Å²) in [5, 5.41) is 14.3. The second-order valence-corrected chi connectivity index (χ2v) is 7.71. The quantitative estimate of drug-likeness (QED) is 0.372. The van der Waals surface area contributed by atoms with Crippen molar-refractivity contribution in [1.82, 2.24) is 10.2 Å². The number of carbonyl (C=O) groups excluding carboxylic acids is 1. The molecule has 1 aliphatic heterocycles. The van der Waals surface area contributed by atoms with Gasteiger partial charge in [0.25, 0.3) is 0 Å². The van der Waals surface area contributed by atoms with Gasteiger partial charge < -0.3 is 10.1 Å². The van der Waals surface area contributed by atoms with Crippen molar-refractivity contribution in [2.45, 2.75) is 38.8 Å². The lowest BCUT2D eigenvalue weighted by atomic mass is 10.0. The van der Waals surface area contributed by atoms with Gasteiger partial charge in [-0.1, -0.05) is 43.3 Å². The summed E-state index contributed by atoms with van der Waals surface area (Å²) < 4.78 is 5.43. The van der Waals surface area contributed by atoms with Gasteiger partial charge in [0.2, 0.25) is 5.91 Å². The maximum absolute atomic E-state index is 12.3. The van der Waals surface area contributed by atoms with Crippen LogP contribution in [0.1, 0.15) is 37.3 Å². The van der Waals surface area contributed by atoms with Crippen molar-refractivity contribution in [2.24, 2.45) is 0 Å². The first-order valence-electron chi connectivity index (χ1n) is 10.7. The number of likely N-dealkylation sites (tertiary alicyclic amines) is 1. The number of amides is 1. The van der Waals surface area contributed by atoms with Crippen LogP contribution < -0.4 is 10.1 Å². The molecule has 0 atom stereocenters. The maximum atomic E-state index is 12.3. The van der Waals surface area contributed by atoms with Crippen LogP contribution in [0.3, 0.4) is 0 Å². The van der Waals surface area contributed by atoms with E-state index in [2.05, 4.69) is 34.5 Å². The third kappa shape index (κ3) is 6.93. The molecule has 31 heavy (non-hydrogen) atoms. The normalized spacial score (nSPS) is 15.1. The molecule has 0 aromatic heterocycles. The Bertz CT molecular complexity index is 906. The van der Waals surface area contributed by atoms with Gasteiger partial charge in [0.1, 0.15) is 0 Å². The van der Waals surface area contributed by atoms with Gasteiger partial charge >= 0.3 is 5.69 Å². The Kier molecular flexibility index (Phi) is 8.18. The Morgan fingerprint density at radius 1 is 1.23 bits per heavy atom. The summed E-state index contributed by atoms with van der Waals surface area (Å²) in [5.41, 5.74) is 1.79. The summed E-state index contributed by atoms with van der Waals surface area (Å²) in [6, 6.07) is 15.2. The van der Waals surface area contributed by atoms with E-state index in [0.717, 1.165) is 38.9 Å². The van der Waals surface area contributed by atoms with Crippen LogP contribution in [0, 0.1) is 10.1 Å². The largest absolute Gasteiger partial charge is 0.487 e. The minimum atomic E-state index is -0.467. The topological polar surface area (TPSA) is 84.7 Å². The number of nitro groups is 1. The van der Waals surface area contributed by atoms with E-state index in [1.54, 1.807) is 18.2 Å². The predicted molar refractivity (Wildman–Crippen MR) is 121 cm³/mol. The fraction of sp³-hybridized carbons (Fsp3) is 0.375. The fourth-order valence-electron chi connectivity index (χ4n) is 3.61. The highest BCUT2D eigenvalue weighted by Crippen LogP contribution is 2.28. The highest BCUT2D eigenvalue weighted by Gasteiger charge is 2.20. The number of nitrogens with zero attached hydrogens (tertiary/aromatic N) is 2. The number of benzene rings is 2. The Morgan fingerprint density at radius 3 is 2.65 bits per heavy atom. The monoisotopic (exact) mass is 423 g/mol. The highest BCUT2D eigenvalue weighted by molar-refractivity contribution is 5.92. The molecule has 7 nitrogen and oxygen atoms in total. The summed E-state index contributed by atoms with van der Waals surface area (Å²) in [5.74, 6) is 0.0613. The minimum absolute atomic E-state index is 0.0956. The third-order valence-electron chi connectivity index (χ3n) is 5.25. The first kappa shape index (κ1) is 22.5. The first-order chi connectivity index (χ1) is 15.0. The highest BCUT2D eigenvalue weighted by atomic mass is 16.6. The molecule has 3 rings (SSSR count). The Balaban J connectivity index is 1.49. The van der Waals surface area contributed by atoms with E-state index in [-0.39, 0.29) is 23.4 Å². The van der Waals surface area contributed by atoms with E-state index in [1.807, 2.05) is 13.0 Å². The van der Waals surface area contributed by atoms with Gasteiger partial charge in [-0.2, -0.15) is 0 Å². The predicted octanol–water partition coefficient (Wildman–Crippen LogP) is 4.18. The van der Waals surface area contributed by atoms with Crippen molar-refractivity contribution in [1.29, 1.82) is 0 Å². The first-order valence-corrected chi connectivity index (χ1v) is 10.7. The van der Waals surface area contributed by atoms with Crippen LogP contribution in [-0.2, 0) is 11.3 Å². The molecule has 0 aliphatic carbocycles. The van der Waals surface area contributed by atoms with Crippen LogP contribution in [0.5, 0.6) is 5.75 Å². The van der Waals surface area contributed by atoms with Gasteiger partial charge in [0, 0.05) is 37.8 Å². The number of hydrogen-bond acceptors (Lipinski definition) is 5. The minimum Gasteiger partial charge on any atom is -0.487 e. The number of hydrogen-bond donors (Lipinski definition) is 1. The van der Waals surface area contributed by atoms with Gasteiger partial charge in [-0.05, 0) is 42.5 Å². The lowest BCUT2D eigenvalue weighted by Gasteiger charge is -2.32. The Labute approximate surface area is 182 Å². The van der Waals surface area contributed by atoms with Crippen LogP contribution in [0.25, 0.3) is 6.08 Å². The summed E-state index contributed by atoms with van der Waals surface area (Å²) >= 11 is 0. The molecule has 0 spiro atoms. The van der Waals surface area contributed by atoms with E-state index >= 15 is 0 Å². The van der Waals surface area contributed by atoms with Gasteiger partial charge in [0.15, 0.2) is 5.75 Å². The molecule has 1 N–H and O–H groups in total. The summed E-state index contributed by atoms with van der Waals surface area (Å²) in [7, 11) is 0.